The maximum absolute atomic E-state index is 11.0. The monoisotopic (exact) mass is 226 g/mol. The van der Waals surface area contributed by atoms with Crippen LogP contribution in [0.15, 0.2) is 0 Å². The third-order valence-electron chi connectivity index (χ3n) is 3.49. The Morgan fingerprint density at radius 2 is 1.81 bits per heavy atom. The number of hydrazine groups is 1. The molecule has 1 saturated heterocycles. The van der Waals surface area contributed by atoms with E-state index in [4.69, 9.17) is 5.84 Å². The SMILES string of the molecule is NNC(=O)CCN1CCN(CC2CC2)CC1. The summed E-state index contributed by atoms with van der Waals surface area (Å²) in [4.78, 5) is 15.9. The fourth-order valence-electron chi connectivity index (χ4n) is 2.19. The maximum Gasteiger partial charge on any atom is 0.235 e. The second-order valence-electron chi connectivity index (χ2n) is 4.90. The number of hydrogen-bond acceptors (Lipinski definition) is 4. The average molecular weight is 226 g/mol. The summed E-state index contributed by atoms with van der Waals surface area (Å²) in [6.07, 6.45) is 3.37. The van der Waals surface area contributed by atoms with E-state index in [9.17, 15) is 4.79 Å². The van der Waals surface area contributed by atoms with Gasteiger partial charge in [-0.05, 0) is 18.8 Å². The standard InChI is InChI=1S/C11H22N4O/c12-13-11(16)3-4-14-5-7-15(8-6-14)9-10-1-2-10/h10H,1-9,12H2,(H,13,16). The molecule has 2 aliphatic rings. The topological polar surface area (TPSA) is 61.6 Å². The van der Waals surface area contributed by atoms with Crippen molar-refractivity contribution >= 4 is 5.91 Å². The quantitative estimate of drug-likeness (QED) is 0.373. The molecule has 2 rings (SSSR count). The van der Waals surface area contributed by atoms with E-state index in [0.717, 1.165) is 38.6 Å². The first-order chi connectivity index (χ1) is 7.78. The first-order valence-corrected chi connectivity index (χ1v) is 6.22. The zero-order chi connectivity index (χ0) is 11.4. The molecule has 0 atom stereocenters. The number of amides is 1. The van der Waals surface area contributed by atoms with E-state index in [1.165, 1.54) is 19.4 Å². The van der Waals surface area contributed by atoms with Crippen molar-refractivity contribution < 1.29 is 4.79 Å². The van der Waals surface area contributed by atoms with Crippen LogP contribution in [-0.4, -0.2) is 55.0 Å². The molecule has 16 heavy (non-hydrogen) atoms. The summed E-state index contributed by atoms with van der Waals surface area (Å²) >= 11 is 0. The highest BCUT2D eigenvalue weighted by molar-refractivity contribution is 5.75. The van der Waals surface area contributed by atoms with E-state index in [1.54, 1.807) is 0 Å². The summed E-state index contributed by atoms with van der Waals surface area (Å²) < 4.78 is 0. The second-order valence-corrected chi connectivity index (χ2v) is 4.90. The van der Waals surface area contributed by atoms with Crippen molar-refractivity contribution in [3.63, 3.8) is 0 Å². The molecule has 0 aromatic rings. The van der Waals surface area contributed by atoms with Gasteiger partial charge in [-0.2, -0.15) is 0 Å². The predicted octanol–water partition coefficient (Wildman–Crippen LogP) is -0.606. The molecule has 0 aromatic heterocycles. The molecule has 1 heterocycles. The van der Waals surface area contributed by atoms with E-state index in [-0.39, 0.29) is 5.91 Å². The Hall–Kier alpha value is -0.650. The van der Waals surface area contributed by atoms with Gasteiger partial charge in [0, 0.05) is 45.7 Å². The minimum atomic E-state index is -0.0691. The van der Waals surface area contributed by atoms with Crippen molar-refractivity contribution in [3.05, 3.63) is 0 Å². The minimum absolute atomic E-state index is 0.0691. The predicted molar refractivity (Wildman–Crippen MR) is 62.6 cm³/mol. The van der Waals surface area contributed by atoms with E-state index in [0.29, 0.717) is 6.42 Å². The van der Waals surface area contributed by atoms with Crippen molar-refractivity contribution in [1.29, 1.82) is 0 Å². The summed E-state index contributed by atoms with van der Waals surface area (Å²) in [5.41, 5.74) is 2.17. The fourth-order valence-corrected chi connectivity index (χ4v) is 2.19. The summed E-state index contributed by atoms with van der Waals surface area (Å²) in [6, 6.07) is 0. The van der Waals surface area contributed by atoms with Crippen molar-refractivity contribution in [2.75, 3.05) is 39.3 Å². The van der Waals surface area contributed by atoms with Crippen molar-refractivity contribution in [3.8, 4) is 0 Å². The van der Waals surface area contributed by atoms with Gasteiger partial charge < -0.3 is 9.80 Å². The smallest absolute Gasteiger partial charge is 0.235 e. The Morgan fingerprint density at radius 3 is 2.38 bits per heavy atom. The Bertz CT molecular complexity index is 234. The van der Waals surface area contributed by atoms with Crippen molar-refractivity contribution in [2.45, 2.75) is 19.3 Å². The van der Waals surface area contributed by atoms with Crippen LogP contribution in [-0.2, 0) is 4.79 Å². The molecule has 3 N–H and O–H groups in total. The van der Waals surface area contributed by atoms with Gasteiger partial charge in [0.05, 0.1) is 0 Å². The Labute approximate surface area is 96.9 Å². The summed E-state index contributed by atoms with van der Waals surface area (Å²) in [5, 5.41) is 0. The van der Waals surface area contributed by atoms with Gasteiger partial charge in [-0.15, -0.1) is 0 Å². The molecule has 5 nitrogen and oxygen atoms in total. The normalized spacial score (nSPS) is 23.3. The number of rotatable bonds is 5. The third kappa shape index (κ3) is 3.73. The Balaban J connectivity index is 1.58. The highest BCUT2D eigenvalue weighted by Gasteiger charge is 2.26. The fraction of sp³-hybridized carbons (Fsp3) is 0.909. The maximum atomic E-state index is 11.0. The van der Waals surface area contributed by atoms with E-state index in [1.807, 2.05) is 0 Å². The molecule has 2 fully saturated rings. The number of nitrogens with two attached hydrogens (primary N) is 1. The molecule has 92 valence electrons. The molecule has 0 spiro atoms. The second kappa shape index (κ2) is 5.61. The van der Waals surface area contributed by atoms with Gasteiger partial charge in [0.2, 0.25) is 5.91 Å². The van der Waals surface area contributed by atoms with Gasteiger partial charge in [-0.1, -0.05) is 0 Å². The number of carbonyl (C=O) groups excluding carboxylic acids is 1. The number of nitrogens with zero attached hydrogens (tertiary/aromatic N) is 2. The number of piperazine rings is 1. The molecule has 1 aliphatic carbocycles. The zero-order valence-electron chi connectivity index (χ0n) is 9.82. The molecule has 1 amide bonds. The van der Waals surface area contributed by atoms with Gasteiger partial charge in [0.15, 0.2) is 0 Å². The zero-order valence-corrected chi connectivity index (χ0v) is 9.82. The van der Waals surface area contributed by atoms with Crippen LogP contribution in [0.4, 0.5) is 0 Å². The number of carbonyl (C=O) groups is 1. The minimum Gasteiger partial charge on any atom is -0.301 e. The lowest BCUT2D eigenvalue weighted by molar-refractivity contribution is -0.121. The van der Waals surface area contributed by atoms with Gasteiger partial charge in [-0.25, -0.2) is 5.84 Å². The highest BCUT2D eigenvalue weighted by Crippen LogP contribution is 2.29. The van der Waals surface area contributed by atoms with E-state index >= 15 is 0 Å². The largest absolute Gasteiger partial charge is 0.301 e. The van der Waals surface area contributed by atoms with E-state index in [2.05, 4.69) is 15.2 Å². The average Bonchev–Trinajstić information content (AvgIpc) is 3.11. The van der Waals surface area contributed by atoms with Crippen LogP contribution in [0.5, 0.6) is 0 Å². The molecule has 1 saturated carbocycles. The lowest BCUT2D eigenvalue weighted by Gasteiger charge is -2.34. The number of nitrogens with one attached hydrogen (secondary N) is 1. The molecule has 0 bridgehead atoms. The van der Waals surface area contributed by atoms with Crippen molar-refractivity contribution in [2.24, 2.45) is 11.8 Å². The Morgan fingerprint density at radius 1 is 1.19 bits per heavy atom. The Kier molecular flexibility index (Phi) is 4.15. The van der Waals surface area contributed by atoms with Crippen LogP contribution in [0.25, 0.3) is 0 Å². The van der Waals surface area contributed by atoms with Gasteiger partial charge in [-0.3, -0.25) is 10.2 Å². The van der Waals surface area contributed by atoms with Crippen LogP contribution >= 0.6 is 0 Å². The van der Waals surface area contributed by atoms with Crippen LogP contribution in [0.1, 0.15) is 19.3 Å². The molecule has 1 aliphatic heterocycles. The molecular formula is C11H22N4O. The van der Waals surface area contributed by atoms with E-state index < -0.39 is 0 Å². The van der Waals surface area contributed by atoms with Crippen LogP contribution in [0.2, 0.25) is 0 Å². The lowest BCUT2D eigenvalue weighted by atomic mass is 10.2. The van der Waals surface area contributed by atoms with Crippen LogP contribution in [0, 0.1) is 5.92 Å². The third-order valence-corrected chi connectivity index (χ3v) is 3.49. The first-order valence-electron chi connectivity index (χ1n) is 6.22. The van der Waals surface area contributed by atoms with Crippen molar-refractivity contribution in [1.82, 2.24) is 15.2 Å². The molecule has 0 radical (unpaired) electrons. The first kappa shape index (κ1) is 11.8. The summed E-state index contributed by atoms with van der Waals surface area (Å²) in [6.45, 7) is 6.61. The molecular weight excluding hydrogens is 204 g/mol. The summed E-state index contributed by atoms with van der Waals surface area (Å²) in [7, 11) is 0. The summed E-state index contributed by atoms with van der Waals surface area (Å²) in [5.74, 6) is 5.96. The van der Waals surface area contributed by atoms with Gasteiger partial charge >= 0.3 is 0 Å². The van der Waals surface area contributed by atoms with Crippen LogP contribution < -0.4 is 11.3 Å². The van der Waals surface area contributed by atoms with Gasteiger partial charge in [0.1, 0.15) is 0 Å². The lowest BCUT2D eigenvalue weighted by Crippen LogP contribution is -2.47. The van der Waals surface area contributed by atoms with Gasteiger partial charge in [0.25, 0.3) is 0 Å². The highest BCUT2D eigenvalue weighted by atomic mass is 16.2. The van der Waals surface area contributed by atoms with Crippen LogP contribution in [0.3, 0.4) is 0 Å². The number of hydrogen-bond donors (Lipinski definition) is 2. The molecule has 5 heteroatoms. The molecule has 0 unspecified atom stereocenters. The molecule has 0 aromatic carbocycles.